The molecular formula is C15H8BCl2F2N3O2. The highest BCUT2D eigenvalue weighted by molar-refractivity contribution is 6.71. The van der Waals surface area contributed by atoms with E-state index in [-0.39, 0.29) is 27.4 Å². The number of nitrogens with zero attached hydrogens (tertiary/aromatic N) is 3. The molecule has 3 heterocycles. The van der Waals surface area contributed by atoms with Crippen molar-refractivity contribution in [2.45, 2.75) is 0 Å². The summed E-state index contributed by atoms with van der Waals surface area (Å²) >= 11 is 12.0. The van der Waals surface area contributed by atoms with Crippen LogP contribution in [0.25, 0.3) is 5.57 Å². The van der Waals surface area contributed by atoms with Crippen LogP contribution in [-0.4, -0.2) is 26.0 Å². The number of hydrogen-bond donors (Lipinski definition) is 0. The lowest BCUT2D eigenvalue weighted by atomic mass is 9.86. The fraction of sp³-hybridized carbons (Fsp3) is 0. The van der Waals surface area contributed by atoms with Crippen molar-refractivity contribution in [3.8, 4) is 0 Å². The molecule has 10 heteroatoms. The van der Waals surface area contributed by atoms with Gasteiger partial charge in [-0.25, -0.2) is 0 Å². The number of benzene rings is 1. The molecule has 0 radical (unpaired) electrons. The standard InChI is InChI=1S/C15H8BCl2F2N3O2/c17-13-7-5-11-15(9-1-3-10(4-2-9)23(24)25)12-6-8-14(18)22(12)16(19,20)21(11)13/h1-8H. The van der Waals surface area contributed by atoms with Crippen molar-refractivity contribution in [1.82, 2.24) is 4.48 Å². The van der Waals surface area contributed by atoms with Gasteiger partial charge in [0.05, 0.1) is 15.6 Å². The first-order valence-corrected chi connectivity index (χ1v) is 7.96. The molecule has 0 aliphatic carbocycles. The van der Waals surface area contributed by atoms with Crippen LogP contribution in [0.3, 0.4) is 0 Å². The largest absolute Gasteiger partial charge is 0.739 e. The zero-order valence-electron chi connectivity index (χ0n) is 12.4. The van der Waals surface area contributed by atoms with Gasteiger partial charge in [0.1, 0.15) is 0 Å². The van der Waals surface area contributed by atoms with E-state index in [0.29, 0.717) is 11.1 Å². The molecule has 2 aliphatic rings. The van der Waals surface area contributed by atoms with Crippen molar-refractivity contribution in [2.24, 2.45) is 0 Å². The number of nitro benzene ring substituents is 1. The van der Waals surface area contributed by atoms with Crippen LogP contribution in [0.15, 0.2) is 54.2 Å². The first kappa shape index (κ1) is 16.0. The molecule has 0 bridgehead atoms. The molecule has 0 N–H and O–H groups in total. The molecule has 5 nitrogen and oxygen atoms in total. The molecule has 4 rings (SSSR count). The quantitative estimate of drug-likeness (QED) is 0.443. The summed E-state index contributed by atoms with van der Waals surface area (Å²) in [6.07, 6.45) is 2.89. The molecular weight excluding hydrogens is 374 g/mol. The molecule has 0 fully saturated rings. The fourth-order valence-corrected chi connectivity index (χ4v) is 3.72. The van der Waals surface area contributed by atoms with Crippen LogP contribution in [0.1, 0.15) is 11.3 Å². The van der Waals surface area contributed by atoms with E-state index in [2.05, 4.69) is 0 Å². The highest BCUT2D eigenvalue weighted by atomic mass is 35.5. The van der Waals surface area contributed by atoms with E-state index in [1.807, 2.05) is 0 Å². The molecule has 2 aromatic rings. The second-order valence-electron chi connectivity index (χ2n) is 5.59. The third-order valence-corrected chi connectivity index (χ3v) is 4.85. The third-order valence-electron chi connectivity index (χ3n) is 4.24. The minimum atomic E-state index is -4.24. The molecule has 0 saturated carbocycles. The van der Waals surface area contributed by atoms with E-state index in [1.165, 1.54) is 48.6 Å². The lowest BCUT2D eigenvalue weighted by molar-refractivity contribution is -0.384. The summed E-state index contributed by atoms with van der Waals surface area (Å²) in [5, 5.41) is 10.6. The van der Waals surface area contributed by atoms with Gasteiger partial charge in [-0.05, 0) is 41.4 Å². The van der Waals surface area contributed by atoms with Gasteiger partial charge in [0, 0.05) is 30.0 Å². The van der Waals surface area contributed by atoms with Gasteiger partial charge in [0.2, 0.25) is 5.17 Å². The topological polar surface area (TPSA) is 51.1 Å². The van der Waals surface area contributed by atoms with Gasteiger partial charge in [-0.2, -0.15) is 0 Å². The molecule has 0 atom stereocenters. The van der Waals surface area contributed by atoms with Gasteiger partial charge in [-0.1, -0.05) is 11.6 Å². The van der Waals surface area contributed by atoms with Crippen LogP contribution in [-0.2, 0) is 0 Å². The average molecular weight is 382 g/mol. The number of non-ortho nitro benzene ring substituents is 1. The Hall–Kier alpha value is -2.45. The highest BCUT2D eigenvalue weighted by Gasteiger charge is 2.54. The Kier molecular flexibility index (Phi) is 3.39. The van der Waals surface area contributed by atoms with Crippen molar-refractivity contribution < 1.29 is 18.0 Å². The molecule has 1 aromatic carbocycles. The summed E-state index contributed by atoms with van der Waals surface area (Å²) in [6, 6.07) is 8.56. The molecule has 25 heavy (non-hydrogen) atoms. The fourth-order valence-electron chi connectivity index (χ4n) is 3.18. The predicted octanol–water partition coefficient (Wildman–Crippen LogP) is 4.27. The van der Waals surface area contributed by atoms with Crippen molar-refractivity contribution in [1.29, 1.82) is 0 Å². The van der Waals surface area contributed by atoms with E-state index >= 15 is 0 Å². The van der Waals surface area contributed by atoms with Crippen molar-refractivity contribution in [2.75, 3.05) is 0 Å². The van der Waals surface area contributed by atoms with Gasteiger partial charge in [0.25, 0.3) is 5.69 Å². The number of halogens is 4. The molecule has 126 valence electrons. The minimum absolute atomic E-state index is 0.0865. The summed E-state index contributed by atoms with van der Waals surface area (Å²) in [7, 11) is 0. The second kappa shape index (κ2) is 5.27. The number of allylic oxidation sites excluding steroid dienone is 2. The van der Waals surface area contributed by atoms with Crippen molar-refractivity contribution in [3.63, 3.8) is 0 Å². The zero-order valence-corrected chi connectivity index (χ0v) is 13.9. The molecule has 0 amide bonds. The molecule has 0 saturated heterocycles. The second-order valence-corrected chi connectivity index (χ2v) is 6.36. The Balaban J connectivity index is 2.02. The van der Waals surface area contributed by atoms with E-state index in [0.717, 1.165) is 8.96 Å². The number of hydrogen-bond acceptors (Lipinski definition) is 2. The minimum Gasteiger partial charge on any atom is -0.389 e. The Morgan fingerprint density at radius 3 is 2.40 bits per heavy atom. The van der Waals surface area contributed by atoms with Crippen LogP contribution < -0.4 is 0 Å². The Bertz CT molecular complexity index is 1030. The lowest BCUT2D eigenvalue weighted by Crippen LogP contribution is -2.50. The van der Waals surface area contributed by atoms with Crippen molar-refractivity contribution >= 4 is 46.6 Å². The Morgan fingerprint density at radius 2 is 1.76 bits per heavy atom. The summed E-state index contributed by atoms with van der Waals surface area (Å²) in [6.45, 7) is -4.24. The molecule has 1 aromatic heterocycles. The van der Waals surface area contributed by atoms with Crippen LogP contribution >= 0.6 is 23.2 Å². The molecule has 0 unspecified atom stereocenters. The molecule has 0 spiro atoms. The monoisotopic (exact) mass is 381 g/mol. The normalized spacial score (nSPS) is 17.8. The number of fused-ring (bicyclic) bond motifs is 2. The number of nitro groups is 1. The van der Waals surface area contributed by atoms with E-state index < -0.39 is 11.9 Å². The predicted molar refractivity (Wildman–Crippen MR) is 92.2 cm³/mol. The lowest BCUT2D eigenvalue weighted by Gasteiger charge is -2.31. The van der Waals surface area contributed by atoms with Crippen LogP contribution in [0.2, 0.25) is 5.15 Å². The van der Waals surface area contributed by atoms with Gasteiger partial charge >= 0.3 is 6.97 Å². The maximum absolute atomic E-state index is 15.0. The summed E-state index contributed by atoms with van der Waals surface area (Å²) in [5.41, 5.74) is 1.39. The van der Waals surface area contributed by atoms with Gasteiger partial charge < -0.3 is 17.6 Å². The SMILES string of the molecule is O=[N+]([O-])c1ccc(C2=C3C=CC(Cl)=[N+]3[B-](F)(F)n3c(Cl)ccc32)cc1. The van der Waals surface area contributed by atoms with E-state index in [9.17, 15) is 18.7 Å². The summed E-state index contributed by atoms with van der Waals surface area (Å²) in [5.74, 6) is 0. The van der Waals surface area contributed by atoms with E-state index in [1.54, 1.807) is 0 Å². The zero-order chi connectivity index (χ0) is 17.9. The van der Waals surface area contributed by atoms with Crippen LogP contribution in [0.5, 0.6) is 0 Å². The van der Waals surface area contributed by atoms with Gasteiger partial charge in [-0.15, -0.1) is 0 Å². The van der Waals surface area contributed by atoms with Gasteiger partial charge in [-0.3, -0.25) is 10.1 Å². The third kappa shape index (κ3) is 2.18. The highest BCUT2D eigenvalue weighted by Crippen LogP contribution is 2.41. The number of aromatic nitrogens is 1. The van der Waals surface area contributed by atoms with Gasteiger partial charge in [0.15, 0.2) is 5.70 Å². The van der Waals surface area contributed by atoms with Crippen molar-refractivity contribution in [3.05, 3.63) is 80.8 Å². The smallest absolute Gasteiger partial charge is 0.389 e. The molecule has 2 aliphatic heterocycles. The van der Waals surface area contributed by atoms with E-state index in [4.69, 9.17) is 23.2 Å². The maximum Gasteiger partial charge on any atom is 0.739 e. The summed E-state index contributed by atoms with van der Waals surface area (Å²) in [4.78, 5) is 10.3. The van der Waals surface area contributed by atoms with Crippen LogP contribution in [0, 0.1) is 10.1 Å². The maximum atomic E-state index is 15.0. The Labute approximate surface area is 150 Å². The van der Waals surface area contributed by atoms with Crippen LogP contribution in [0.4, 0.5) is 14.3 Å². The number of rotatable bonds is 2. The Morgan fingerprint density at radius 1 is 1.08 bits per heavy atom. The first-order valence-electron chi connectivity index (χ1n) is 7.21. The summed E-state index contributed by atoms with van der Waals surface area (Å²) < 4.78 is 31.4. The average Bonchev–Trinajstić information content (AvgIpc) is 3.13. The first-order chi connectivity index (χ1) is 11.8.